The Morgan fingerprint density at radius 2 is 2.06 bits per heavy atom. The maximum absolute atomic E-state index is 12.7. The Morgan fingerprint density at radius 3 is 2.56 bits per heavy atom. The normalized spacial score (nSPS) is 11.9. The zero-order valence-electron chi connectivity index (χ0n) is 8.98. The summed E-state index contributed by atoms with van der Waals surface area (Å²) in [6, 6.07) is 5.63. The van der Waals surface area contributed by atoms with Crippen LogP contribution in [0.25, 0.3) is 0 Å². The van der Waals surface area contributed by atoms with E-state index in [4.69, 9.17) is 0 Å². The number of hydrogen-bond acceptors (Lipinski definition) is 3. The molecule has 0 heterocycles. The number of carbonyl (C=O) groups excluding carboxylic acids is 2. The Balaban J connectivity index is 2.86. The van der Waals surface area contributed by atoms with Gasteiger partial charge in [0.2, 0.25) is 0 Å². The van der Waals surface area contributed by atoms with E-state index in [1.54, 1.807) is 0 Å². The minimum Gasteiger partial charge on any atom is -0.469 e. The van der Waals surface area contributed by atoms with Crippen molar-refractivity contribution in [2.24, 2.45) is 0 Å². The van der Waals surface area contributed by atoms with Crippen molar-refractivity contribution in [3.05, 3.63) is 35.6 Å². The summed E-state index contributed by atoms with van der Waals surface area (Å²) in [6.07, 6.45) is 1.40. The van der Waals surface area contributed by atoms with Crippen LogP contribution in [0, 0.1) is 5.82 Å². The first-order valence-electron chi connectivity index (χ1n) is 4.96. The maximum atomic E-state index is 12.7. The van der Waals surface area contributed by atoms with Crippen molar-refractivity contribution in [3.8, 4) is 0 Å². The zero-order valence-corrected chi connectivity index (χ0v) is 8.98. The summed E-state index contributed by atoms with van der Waals surface area (Å²) < 4.78 is 17.4. The van der Waals surface area contributed by atoms with E-state index in [1.807, 2.05) is 0 Å². The number of esters is 1. The fraction of sp³-hybridized carbons (Fsp3) is 0.333. The summed E-state index contributed by atoms with van der Waals surface area (Å²) in [4.78, 5) is 21.8. The van der Waals surface area contributed by atoms with Crippen LogP contribution in [0.1, 0.15) is 24.3 Å². The van der Waals surface area contributed by atoms with E-state index >= 15 is 0 Å². The van der Waals surface area contributed by atoms with Gasteiger partial charge in [0.05, 0.1) is 13.0 Å². The van der Waals surface area contributed by atoms with Gasteiger partial charge in [-0.2, -0.15) is 0 Å². The van der Waals surface area contributed by atoms with Gasteiger partial charge in [0.25, 0.3) is 0 Å². The van der Waals surface area contributed by atoms with Crippen LogP contribution in [0.4, 0.5) is 4.39 Å². The van der Waals surface area contributed by atoms with Crippen LogP contribution in [0.5, 0.6) is 0 Å². The maximum Gasteiger partial charge on any atom is 0.313 e. The minimum atomic E-state index is -0.504. The Hall–Kier alpha value is -1.71. The molecule has 0 saturated heterocycles. The molecule has 0 N–H and O–H groups in total. The van der Waals surface area contributed by atoms with Crippen LogP contribution < -0.4 is 0 Å². The molecule has 0 aliphatic rings. The number of aldehydes is 1. The first-order chi connectivity index (χ1) is 7.69. The van der Waals surface area contributed by atoms with Crippen LogP contribution >= 0.6 is 0 Å². The van der Waals surface area contributed by atoms with Crippen molar-refractivity contribution in [1.29, 1.82) is 0 Å². The molecule has 0 aromatic heterocycles. The first kappa shape index (κ1) is 12.4. The summed E-state index contributed by atoms with van der Waals surface area (Å²) in [5.74, 6) is -1.27. The van der Waals surface area contributed by atoms with Crippen LogP contribution in [-0.4, -0.2) is 19.4 Å². The molecule has 86 valence electrons. The minimum absolute atomic E-state index is 0.275. The van der Waals surface area contributed by atoms with Crippen molar-refractivity contribution < 1.29 is 18.7 Å². The molecule has 4 heteroatoms. The Kier molecular flexibility index (Phi) is 4.64. The molecule has 16 heavy (non-hydrogen) atoms. The van der Waals surface area contributed by atoms with E-state index in [2.05, 4.69) is 4.74 Å². The summed E-state index contributed by atoms with van der Waals surface area (Å²) in [6.45, 7) is 0. The third-order valence-corrected chi connectivity index (χ3v) is 2.33. The predicted molar refractivity (Wildman–Crippen MR) is 56.5 cm³/mol. The van der Waals surface area contributed by atoms with Crippen LogP contribution in [0.15, 0.2) is 24.3 Å². The van der Waals surface area contributed by atoms with Crippen molar-refractivity contribution in [1.82, 2.24) is 0 Å². The zero-order chi connectivity index (χ0) is 12.0. The molecule has 0 aliphatic carbocycles. The number of rotatable bonds is 5. The van der Waals surface area contributed by atoms with E-state index in [0.29, 0.717) is 12.0 Å². The highest BCUT2D eigenvalue weighted by atomic mass is 19.1. The highest BCUT2D eigenvalue weighted by Gasteiger charge is 2.20. The first-order valence-corrected chi connectivity index (χ1v) is 4.96. The molecule has 0 amide bonds. The molecule has 0 radical (unpaired) electrons. The highest BCUT2D eigenvalue weighted by molar-refractivity contribution is 5.78. The second kappa shape index (κ2) is 6.00. The fourth-order valence-electron chi connectivity index (χ4n) is 1.49. The van der Waals surface area contributed by atoms with Gasteiger partial charge in [-0.3, -0.25) is 4.79 Å². The summed E-state index contributed by atoms with van der Waals surface area (Å²) in [5.41, 5.74) is 0.662. The van der Waals surface area contributed by atoms with Crippen LogP contribution in [0.2, 0.25) is 0 Å². The van der Waals surface area contributed by atoms with Crippen molar-refractivity contribution in [2.45, 2.75) is 18.8 Å². The molecule has 0 spiro atoms. The molecule has 1 rings (SSSR count). The third-order valence-electron chi connectivity index (χ3n) is 2.33. The molecule has 3 nitrogen and oxygen atoms in total. The SMILES string of the molecule is COC(=O)C(CCC=O)c1ccc(F)cc1. The number of ether oxygens (including phenoxy) is 1. The van der Waals surface area contributed by atoms with Gasteiger partial charge in [-0.25, -0.2) is 4.39 Å². The second-order valence-electron chi connectivity index (χ2n) is 3.37. The second-order valence-corrected chi connectivity index (χ2v) is 3.37. The van der Waals surface area contributed by atoms with Crippen LogP contribution in [-0.2, 0) is 14.3 Å². The molecular formula is C12H13FO3. The van der Waals surface area contributed by atoms with Crippen molar-refractivity contribution >= 4 is 12.3 Å². The number of methoxy groups -OCH3 is 1. The molecule has 0 aliphatic heterocycles. The Morgan fingerprint density at radius 1 is 1.44 bits per heavy atom. The number of hydrogen-bond donors (Lipinski definition) is 0. The van der Waals surface area contributed by atoms with Crippen LogP contribution in [0.3, 0.4) is 0 Å². The molecule has 0 saturated carbocycles. The number of halogens is 1. The summed E-state index contributed by atoms with van der Waals surface area (Å²) in [7, 11) is 1.29. The lowest BCUT2D eigenvalue weighted by Crippen LogP contribution is -2.14. The molecule has 0 bridgehead atoms. The highest BCUT2D eigenvalue weighted by Crippen LogP contribution is 2.22. The number of carbonyl (C=O) groups is 2. The summed E-state index contributed by atoms with van der Waals surface area (Å²) >= 11 is 0. The third kappa shape index (κ3) is 3.15. The quantitative estimate of drug-likeness (QED) is 0.568. The lowest BCUT2D eigenvalue weighted by Gasteiger charge is -2.13. The van der Waals surface area contributed by atoms with Gasteiger partial charge in [-0.15, -0.1) is 0 Å². The van der Waals surface area contributed by atoms with Gasteiger partial charge in [0, 0.05) is 6.42 Å². The Bertz CT molecular complexity index is 359. The smallest absolute Gasteiger partial charge is 0.313 e. The van der Waals surface area contributed by atoms with E-state index in [1.165, 1.54) is 31.4 Å². The van der Waals surface area contributed by atoms with Gasteiger partial charge in [0.15, 0.2) is 0 Å². The topological polar surface area (TPSA) is 43.4 Å². The lowest BCUT2D eigenvalue weighted by molar-refractivity contribution is -0.142. The average Bonchev–Trinajstić information content (AvgIpc) is 2.31. The van der Waals surface area contributed by atoms with E-state index in [-0.39, 0.29) is 12.2 Å². The molecule has 1 atom stereocenters. The molecule has 1 unspecified atom stereocenters. The fourth-order valence-corrected chi connectivity index (χ4v) is 1.49. The van der Waals surface area contributed by atoms with E-state index in [9.17, 15) is 14.0 Å². The molecule has 1 aromatic carbocycles. The summed E-state index contributed by atoms with van der Waals surface area (Å²) in [5, 5.41) is 0. The van der Waals surface area contributed by atoms with Gasteiger partial charge in [-0.05, 0) is 24.1 Å². The standard InChI is InChI=1S/C12H13FO3/c1-16-12(15)11(3-2-8-14)9-4-6-10(13)7-5-9/h4-8,11H,2-3H2,1H3. The number of benzene rings is 1. The average molecular weight is 224 g/mol. The molecule has 1 aromatic rings. The molecule has 0 fully saturated rings. The van der Waals surface area contributed by atoms with Crippen molar-refractivity contribution in [3.63, 3.8) is 0 Å². The molecular weight excluding hydrogens is 211 g/mol. The van der Waals surface area contributed by atoms with Gasteiger partial charge in [0.1, 0.15) is 12.1 Å². The van der Waals surface area contributed by atoms with Gasteiger partial charge < -0.3 is 9.53 Å². The van der Waals surface area contributed by atoms with Crippen molar-refractivity contribution in [2.75, 3.05) is 7.11 Å². The van der Waals surface area contributed by atoms with E-state index in [0.717, 1.165) is 6.29 Å². The Labute approximate surface area is 93.2 Å². The predicted octanol–water partition coefficient (Wildman–Crippen LogP) is 2.06. The van der Waals surface area contributed by atoms with E-state index < -0.39 is 11.9 Å². The lowest BCUT2D eigenvalue weighted by atomic mass is 9.94. The monoisotopic (exact) mass is 224 g/mol. The van der Waals surface area contributed by atoms with Gasteiger partial charge in [-0.1, -0.05) is 12.1 Å². The van der Waals surface area contributed by atoms with Gasteiger partial charge >= 0.3 is 5.97 Å². The largest absolute Gasteiger partial charge is 0.469 e.